The van der Waals surface area contributed by atoms with Gasteiger partial charge in [-0.25, -0.2) is 0 Å². The van der Waals surface area contributed by atoms with Crippen molar-refractivity contribution in [1.29, 1.82) is 5.26 Å². The summed E-state index contributed by atoms with van der Waals surface area (Å²) in [6.07, 6.45) is 0.562. The van der Waals surface area contributed by atoms with Gasteiger partial charge in [0.05, 0.1) is 32.3 Å². The average Bonchev–Trinajstić information content (AvgIpc) is 3.21. The molecule has 142 valence electrons. The SMILES string of the molecule is COc1ccc(-c2ccc(CCC(=O)Oc3ccc(C#N)cc3OC)o2)cc1. The van der Waals surface area contributed by atoms with Crippen molar-refractivity contribution in [1.82, 2.24) is 0 Å². The molecule has 0 atom stereocenters. The number of benzene rings is 2. The van der Waals surface area contributed by atoms with Gasteiger partial charge in [-0.3, -0.25) is 4.79 Å². The molecule has 1 aromatic heterocycles. The van der Waals surface area contributed by atoms with Crippen LogP contribution in [0.2, 0.25) is 0 Å². The lowest BCUT2D eigenvalue weighted by Gasteiger charge is -2.09. The number of nitriles is 1. The van der Waals surface area contributed by atoms with Crippen LogP contribution in [-0.4, -0.2) is 20.2 Å². The second-order valence-corrected chi connectivity index (χ2v) is 5.95. The van der Waals surface area contributed by atoms with Gasteiger partial charge in [-0.05, 0) is 48.5 Å². The number of hydrogen-bond acceptors (Lipinski definition) is 6. The summed E-state index contributed by atoms with van der Waals surface area (Å²) in [6.45, 7) is 0. The Morgan fingerprint density at radius 2 is 1.79 bits per heavy atom. The number of rotatable bonds is 7. The van der Waals surface area contributed by atoms with Gasteiger partial charge in [-0.2, -0.15) is 5.26 Å². The van der Waals surface area contributed by atoms with Gasteiger partial charge in [0.2, 0.25) is 0 Å². The zero-order valence-electron chi connectivity index (χ0n) is 15.6. The van der Waals surface area contributed by atoms with Gasteiger partial charge >= 0.3 is 5.97 Å². The molecule has 0 radical (unpaired) electrons. The minimum atomic E-state index is -0.412. The summed E-state index contributed by atoms with van der Waals surface area (Å²) in [5.74, 6) is 2.40. The molecule has 0 aliphatic heterocycles. The van der Waals surface area contributed by atoms with E-state index in [-0.39, 0.29) is 12.2 Å². The number of hydrogen-bond donors (Lipinski definition) is 0. The summed E-state index contributed by atoms with van der Waals surface area (Å²) >= 11 is 0. The van der Waals surface area contributed by atoms with Crippen LogP contribution in [0.1, 0.15) is 17.7 Å². The lowest BCUT2D eigenvalue weighted by atomic mass is 10.2. The van der Waals surface area contributed by atoms with Crippen molar-refractivity contribution < 1.29 is 23.4 Å². The molecule has 0 N–H and O–H groups in total. The number of carbonyl (C=O) groups excluding carboxylic acids is 1. The van der Waals surface area contributed by atoms with Crippen LogP contribution in [0.4, 0.5) is 0 Å². The van der Waals surface area contributed by atoms with Crippen molar-refractivity contribution in [2.45, 2.75) is 12.8 Å². The fourth-order valence-corrected chi connectivity index (χ4v) is 2.64. The lowest BCUT2D eigenvalue weighted by Crippen LogP contribution is -2.09. The molecular weight excluding hydrogens is 358 g/mol. The number of carbonyl (C=O) groups is 1. The fourth-order valence-electron chi connectivity index (χ4n) is 2.64. The summed E-state index contributed by atoms with van der Waals surface area (Å²) in [5, 5.41) is 8.92. The molecule has 0 bridgehead atoms. The van der Waals surface area contributed by atoms with Gasteiger partial charge in [0, 0.05) is 18.1 Å². The number of methoxy groups -OCH3 is 2. The topological polar surface area (TPSA) is 81.7 Å². The second-order valence-electron chi connectivity index (χ2n) is 5.95. The molecule has 28 heavy (non-hydrogen) atoms. The van der Waals surface area contributed by atoms with Gasteiger partial charge < -0.3 is 18.6 Å². The predicted molar refractivity (Wildman–Crippen MR) is 102 cm³/mol. The minimum Gasteiger partial charge on any atom is -0.497 e. The number of ether oxygens (including phenoxy) is 3. The van der Waals surface area contributed by atoms with Crippen molar-refractivity contribution in [3.05, 3.63) is 65.9 Å². The lowest BCUT2D eigenvalue weighted by molar-refractivity contribution is -0.134. The van der Waals surface area contributed by atoms with E-state index in [9.17, 15) is 4.79 Å². The molecular formula is C22H19NO5. The van der Waals surface area contributed by atoms with Crippen LogP contribution in [0.25, 0.3) is 11.3 Å². The molecule has 0 saturated carbocycles. The van der Waals surface area contributed by atoms with Crippen molar-refractivity contribution in [2.24, 2.45) is 0 Å². The standard InChI is InChI=1S/C22H19NO5/c1-25-17-6-4-16(5-7-17)19-11-8-18(27-19)9-12-22(24)28-20-10-3-15(14-23)13-21(20)26-2/h3-8,10-11,13H,9,12H2,1-2H3. The van der Waals surface area contributed by atoms with E-state index in [0.29, 0.717) is 23.5 Å². The molecule has 0 amide bonds. The van der Waals surface area contributed by atoms with Gasteiger partial charge in [-0.1, -0.05) is 0 Å². The van der Waals surface area contributed by atoms with Crippen molar-refractivity contribution >= 4 is 5.97 Å². The summed E-state index contributed by atoms with van der Waals surface area (Å²) in [4.78, 5) is 12.2. The van der Waals surface area contributed by atoms with E-state index >= 15 is 0 Å². The van der Waals surface area contributed by atoms with E-state index < -0.39 is 5.97 Å². The van der Waals surface area contributed by atoms with Crippen molar-refractivity contribution in [3.8, 4) is 34.6 Å². The Balaban J connectivity index is 1.59. The summed E-state index contributed by atoms with van der Waals surface area (Å²) in [5.41, 5.74) is 1.36. The summed E-state index contributed by atoms with van der Waals surface area (Å²) < 4.78 is 21.5. The minimum absolute atomic E-state index is 0.152. The summed E-state index contributed by atoms with van der Waals surface area (Å²) in [6, 6.07) is 17.9. The van der Waals surface area contributed by atoms with Crippen LogP contribution in [0.5, 0.6) is 17.2 Å². The van der Waals surface area contributed by atoms with E-state index in [1.165, 1.54) is 13.2 Å². The highest BCUT2D eigenvalue weighted by Crippen LogP contribution is 2.29. The first-order valence-corrected chi connectivity index (χ1v) is 8.65. The van der Waals surface area contributed by atoms with Crippen LogP contribution in [0.3, 0.4) is 0 Å². The van der Waals surface area contributed by atoms with Gasteiger partial charge in [-0.15, -0.1) is 0 Å². The Morgan fingerprint density at radius 1 is 1.00 bits per heavy atom. The Morgan fingerprint density at radius 3 is 2.46 bits per heavy atom. The Hall–Kier alpha value is -3.72. The Bertz CT molecular complexity index is 999. The third-order valence-corrected chi connectivity index (χ3v) is 4.13. The monoisotopic (exact) mass is 377 g/mol. The van der Waals surface area contributed by atoms with Crippen LogP contribution in [0, 0.1) is 11.3 Å². The average molecular weight is 377 g/mol. The second kappa shape index (κ2) is 8.78. The fraction of sp³-hybridized carbons (Fsp3) is 0.182. The maximum Gasteiger partial charge on any atom is 0.311 e. The quantitative estimate of drug-likeness (QED) is 0.449. The maximum absolute atomic E-state index is 12.2. The highest BCUT2D eigenvalue weighted by atomic mass is 16.6. The Labute approximate surface area is 162 Å². The molecule has 1 heterocycles. The molecule has 3 aromatic rings. The molecule has 0 spiro atoms. The normalized spacial score (nSPS) is 10.2. The molecule has 2 aromatic carbocycles. The first-order chi connectivity index (χ1) is 13.6. The highest BCUT2D eigenvalue weighted by Gasteiger charge is 2.13. The molecule has 0 aliphatic carbocycles. The smallest absolute Gasteiger partial charge is 0.311 e. The zero-order chi connectivity index (χ0) is 19.9. The van der Waals surface area contributed by atoms with Crippen LogP contribution < -0.4 is 14.2 Å². The zero-order valence-corrected chi connectivity index (χ0v) is 15.6. The predicted octanol–water partition coefficient (Wildman–Crippen LogP) is 4.37. The number of furan rings is 1. The van der Waals surface area contributed by atoms with E-state index in [4.69, 9.17) is 23.9 Å². The molecule has 0 fully saturated rings. The van der Waals surface area contributed by atoms with Gasteiger partial charge in [0.15, 0.2) is 11.5 Å². The number of aryl methyl sites for hydroxylation is 1. The first-order valence-electron chi connectivity index (χ1n) is 8.65. The van der Waals surface area contributed by atoms with E-state index in [0.717, 1.165) is 17.1 Å². The summed E-state index contributed by atoms with van der Waals surface area (Å²) in [7, 11) is 3.07. The van der Waals surface area contributed by atoms with E-state index in [1.807, 2.05) is 42.5 Å². The van der Waals surface area contributed by atoms with Crippen LogP contribution in [-0.2, 0) is 11.2 Å². The highest BCUT2D eigenvalue weighted by molar-refractivity contribution is 5.73. The third kappa shape index (κ3) is 4.51. The van der Waals surface area contributed by atoms with E-state index in [1.54, 1.807) is 19.2 Å². The maximum atomic E-state index is 12.2. The molecule has 6 heteroatoms. The van der Waals surface area contributed by atoms with Gasteiger partial charge in [0.25, 0.3) is 0 Å². The molecule has 0 unspecified atom stereocenters. The van der Waals surface area contributed by atoms with Gasteiger partial charge in [0.1, 0.15) is 17.3 Å². The molecule has 3 rings (SSSR count). The molecule has 0 aliphatic rings. The molecule has 6 nitrogen and oxygen atoms in total. The van der Waals surface area contributed by atoms with Crippen LogP contribution >= 0.6 is 0 Å². The van der Waals surface area contributed by atoms with Crippen molar-refractivity contribution in [3.63, 3.8) is 0 Å². The molecule has 0 saturated heterocycles. The largest absolute Gasteiger partial charge is 0.497 e. The van der Waals surface area contributed by atoms with Crippen LogP contribution in [0.15, 0.2) is 59.0 Å². The number of esters is 1. The van der Waals surface area contributed by atoms with Crippen molar-refractivity contribution in [2.75, 3.05) is 14.2 Å². The first kappa shape index (κ1) is 19.1. The Kier molecular flexibility index (Phi) is 5.97. The number of nitrogens with zero attached hydrogens (tertiary/aromatic N) is 1. The van der Waals surface area contributed by atoms with E-state index in [2.05, 4.69) is 0 Å². The third-order valence-electron chi connectivity index (χ3n) is 4.13.